The summed E-state index contributed by atoms with van der Waals surface area (Å²) in [6, 6.07) is 9.64. The molecule has 0 atom stereocenters. The molecule has 0 radical (unpaired) electrons. The maximum Gasteiger partial charge on any atom is 0.442 e. The van der Waals surface area contributed by atoms with Gasteiger partial charge in [-0.25, -0.2) is 13.8 Å². The zero-order valence-electron chi connectivity index (χ0n) is 12.8. The Kier molecular flexibility index (Phi) is 4.57. The monoisotopic (exact) mass is 347 g/mol. The zero-order valence-corrected chi connectivity index (χ0v) is 13.6. The molecule has 2 heterocycles. The standard InChI is InChI=1S/C16H14FN3O3S/c1-19(9-11-4-2-5-12(17)8-11)14(21)10-20-15(18-23-16(20)22)13-6-3-7-24-13/h2-8H,9-10H2,1H3. The van der Waals surface area contributed by atoms with Gasteiger partial charge in [-0.2, -0.15) is 0 Å². The predicted octanol–water partition coefficient (Wildman–Crippen LogP) is 2.36. The molecule has 0 unspecified atom stereocenters. The average molecular weight is 347 g/mol. The summed E-state index contributed by atoms with van der Waals surface area (Å²) in [5, 5.41) is 5.58. The maximum absolute atomic E-state index is 13.2. The van der Waals surface area contributed by atoms with Gasteiger partial charge in [-0.05, 0) is 29.1 Å². The van der Waals surface area contributed by atoms with Crippen LogP contribution in [0.3, 0.4) is 0 Å². The van der Waals surface area contributed by atoms with Crippen LogP contribution in [0.25, 0.3) is 10.7 Å². The first-order chi connectivity index (χ1) is 11.5. The van der Waals surface area contributed by atoms with Gasteiger partial charge in [0.25, 0.3) is 0 Å². The van der Waals surface area contributed by atoms with E-state index in [9.17, 15) is 14.0 Å². The van der Waals surface area contributed by atoms with Gasteiger partial charge < -0.3 is 4.90 Å². The lowest BCUT2D eigenvalue weighted by atomic mass is 10.2. The van der Waals surface area contributed by atoms with Crippen molar-refractivity contribution in [3.63, 3.8) is 0 Å². The second kappa shape index (κ2) is 6.79. The minimum atomic E-state index is -0.689. The Bertz CT molecular complexity index is 901. The van der Waals surface area contributed by atoms with E-state index in [4.69, 9.17) is 0 Å². The number of likely N-dealkylation sites (N-methyl/N-ethyl adjacent to an activating group) is 1. The largest absolute Gasteiger partial charge is 0.442 e. The van der Waals surface area contributed by atoms with Crippen LogP contribution < -0.4 is 5.76 Å². The molecule has 0 saturated heterocycles. The molecule has 1 aromatic carbocycles. The van der Waals surface area contributed by atoms with Crippen LogP contribution in [0.5, 0.6) is 0 Å². The van der Waals surface area contributed by atoms with Crippen LogP contribution in [0.4, 0.5) is 4.39 Å². The fourth-order valence-electron chi connectivity index (χ4n) is 2.24. The van der Waals surface area contributed by atoms with Crippen LogP contribution in [0.2, 0.25) is 0 Å². The second-order valence-corrected chi connectivity index (χ2v) is 6.16. The van der Waals surface area contributed by atoms with Crippen molar-refractivity contribution >= 4 is 17.2 Å². The first-order valence-corrected chi connectivity index (χ1v) is 8.01. The second-order valence-electron chi connectivity index (χ2n) is 5.22. The molecule has 8 heteroatoms. The number of carbonyl (C=O) groups is 1. The molecule has 24 heavy (non-hydrogen) atoms. The summed E-state index contributed by atoms with van der Waals surface area (Å²) in [6.07, 6.45) is 0. The number of hydrogen-bond donors (Lipinski definition) is 0. The molecular formula is C16H14FN3O3S. The Hall–Kier alpha value is -2.74. The van der Waals surface area contributed by atoms with Gasteiger partial charge in [-0.1, -0.05) is 23.4 Å². The van der Waals surface area contributed by atoms with Gasteiger partial charge >= 0.3 is 5.76 Å². The van der Waals surface area contributed by atoms with Crippen LogP contribution >= 0.6 is 11.3 Å². The topological polar surface area (TPSA) is 68.3 Å². The molecule has 3 aromatic rings. The molecule has 0 aliphatic carbocycles. The molecule has 6 nitrogen and oxygen atoms in total. The van der Waals surface area contributed by atoms with Gasteiger partial charge in [0.05, 0.1) is 4.88 Å². The van der Waals surface area contributed by atoms with Crippen molar-refractivity contribution in [3.8, 4) is 10.7 Å². The summed E-state index contributed by atoms with van der Waals surface area (Å²) in [4.78, 5) is 26.4. The molecule has 0 saturated carbocycles. The third-order valence-electron chi connectivity index (χ3n) is 3.46. The quantitative estimate of drug-likeness (QED) is 0.710. The van der Waals surface area contributed by atoms with E-state index in [0.717, 1.165) is 4.88 Å². The lowest BCUT2D eigenvalue weighted by Crippen LogP contribution is -2.32. The van der Waals surface area contributed by atoms with E-state index in [1.165, 1.54) is 32.9 Å². The molecular weight excluding hydrogens is 333 g/mol. The van der Waals surface area contributed by atoms with E-state index in [1.54, 1.807) is 25.2 Å². The summed E-state index contributed by atoms with van der Waals surface area (Å²) in [5.41, 5.74) is 0.669. The number of hydrogen-bond acceptors (Lipinski definition) is 5. The molecule has 2 aromatic heterocycles. The highest BCUT2D eigenvalue weighted by Gasteiger charge is 2.18. The molecule has 0 aliphatic rings. The minimum Gasteiger partial charge on any atom is -0.340 e. The van der Waals surface area contributed by atoms with E-state index in [2.05, 4.69) is 9.68 Å². The Morgan fingerprint density at radius 3 is 2.92 bits per heavy atom. The van der Waals surface area contributed by atoms with E-state index >= 15 is 0 Å². The van der Waals surface area contributed by atoms with Gasteiger partial charge in [0.1, 0.15) is 12.4 Å². The molecule has 0 fully saturated rings. The van der Waals surface area contributed by atoms with E-state index in [-0.39, 0.29) is 24.8 Å². The first-order valence-electron chi connectivity index (χ1n) is 7.13. The van der Waals surface area contributed by atoms with Crippen molar-refractivity contribution < 1.29 is 13.7 Å². The smallest absolute Gasteiger partial charge is 0.340 e. The summed E-state index contributed by atoms with van der Waals surface area (Å²) < 4.78 is 19.1. The van der Waals surface area contributed by atoms with Gasteiger partial charge in [0.15, 0.2) is 5.82 Å². The average Bonchev–Trinajstić information content (AvgIpc) is 3.18. The van der Waals surface area contributed by atoms with Crippen LogP contribution in [0.15, 0.2) is 51.1 Å². The van der Waals surface area contributed by atoms with Crippen LogP contribution in [-0.2, 0) is 17.9 Å². The fraction of sp³-hybridized carbons (Fsp3) is 0.188. The molecule has 1 amide bonds. The number of halogens is 1. The first kappa shape index (κ1) is 16.1. The van der Waals surface area contributed by atoms with Crippen molar-refractivity contribution in [1.29, 1.82) is 0 Å². The minimum absolute atomic E-state index is 0.193. The third kappa shape index (κ3) is 3.43. The van der Waals surface area contributed by atoms with Crippen LogP contribution in [0, 0.1) is 5.82 Å². The number of rotatable bonds is 5. The van der Waals surface area contributed by atoms with Crippen LogP contribution in [0.1, 0.15) is 5.56 Å². The Morgan fingerprint density at radius 2 is 2.21 bits per heavy atom. The summed E-state index contributed by atoms with van der Waals surface area (Å²) in [7, 11) is 1.59. The third-order valence-corrected chi connectivity index (χ3v) is 4.32. The van der Waals surface area contributed by atoms with E-state index in [0.29, 0.717) is 11.4 Å². The van der Waals surface area contributed by atoms with E-state index in [1.807, 2.05) is 11.4 Å². The zero-order chi connectivity index (χ0) is 17.1. The van der Waals surface area contributed by atoms with Gasteiger partial charge in [-0.15, -0.1) is 11.3 Å². The number of amides is 1. The van der Waals surface area contributed by atoms with E-state index < -0.39 is 5.76 Å². The van der Waals surface area contributed by atoms with Crippen molar-refractivity contribution in [3.05, 3.63) is 63.7 Å². The van der Waals surface area contributed by atoms with Crippen molar-refractivity contribution in [2.45, 2.75) is 13.1 Å². The highest BCUT2D eigenvalue weighted by molar-refractivity contribution is 7.13. The summed E-state index contributed by atoms with van der Waals surface area (Å²) in [6.45, 7) is 0.0480. The molecule has 0 N–H and O–H groups in total. The highest BCUT2D eigenvalue weighted by Crippen LogP contribution is 2.21. The lowest BCUT2D eigenvalue weighted by Gasteiger charge is -2.17. The lowest BCUT2D eigenvalue weighted by molar-refractivity contribution is -0.131. The van der Waals surface area contributed by atoms with Gasteiger partial charge in [0, 0.05) is 13.6 Å². The maximum atomic E-state index is 13.2. The Labute approximate surface area is 140 Å². The fourth-order valence-corrected chi connectivity index (χ4v) is 2.96. The predicted molar refractivity (Wildman–Crippen MR) is 87.0 cm³/mol. The number of carbonyl (C=O) groups excluding carboxylic acids is 1. The number of aromatic nitrogens is 2. The Balaban J connectivity index is 1.75. The molecule has 124 valence electrons. The number of nitrogens with zero attached hydrogens (tertiary/aromatic N) is 3. The number of thiophene rings is 1. The SMILES string of the molecule is CN(Cc1cccc(F)c1)C(=O)Cn1c(-c2cccs2)noc1=O. The molecule has 0 aliphatic heterocycles. The molecule has 0 bridgehead atoms. The number of benzene rings is 1. The molecule has 0 spiro atoms. The normalized spacial score (nSPS) is 10.8. The summed E-state index contributed by atoms with van der Waals surface area (Å²) in [5.74, 6) is -1.03. The van der Waals surface area contributed by atoms with Crippen molar-refractivity contribution in [1.82, 2.24) is 14.6 Å². The molecule has 3 rings (SSSR count). The highest BCUT2D eigenvalue weighted by atomic mass is 32.1. The van der Waals surface area contributed by atoms with Crippen molar-refractivity contribution in [2.24, 2.45) is 0 Å². The van der Waals surface area contributed by atoms with Gasteiger partial charge in [-0.3, -0.25) is 9.32 Å². The van der Waals surface area contributed by atoms with Crippen molar-refractivity contribution in [2.75, 3.05) is 7.05 Å². The van der Waals surface area contributed by atoms with Gasteiger partial charge in [0.2, 0.25) is 5.91 Å². The summed E-state index contributed by atoms with van der Waals surface area (Å²) >= 11 is 1.39. The Morgan fingerprint density at radius 1 is 1.38 bits per heavy atom. The van der Waals surface area contributed by atoms with Crippen LogP contribution in [-0.4, -0.2) is 27.6 Å².